The van der Waals surface area contributed by atoms with Crippen molar-refractivity contribution in [1.29, 1.82) is 0 Å². The van der Waals surface area contributed by atoms with E-state index < -0.39 is 12.1 Å². The van der Waals surface area contributed by atoms with Crippen LogP contribution in [0.3, 0.4) is 0 Å². The second kappa shape index (κ2) is 16.2. The molecular formula is C34H42N8O4. The molecule has 4 atom stereocenters. The summed E-state index contributed by atoms with van der Waals surface area (Å²) in [6, 6.07) is 12.6. The van der Waals surface area contributed by atoms with Gasteiger partial charge in [-0.25, -0.2) is 9.97 Å². The molecule has 0 aliphatic rings. The SMILES string of the molecule is CCC(C)[C@H](NC(=O)c1ccc(-c2cnc[nH]2)cc1)C(=O)NCCNC(=O)[C@@H](NC(=O)c1ccc(-c2cnc[nH]2)cc1)C(C)CC. The van der Waals surface area contributed by atoms with Crippen LogP contribution in [-0.4, -0.2) is 68.7 Å². The van der Waals surface area contributed by atoms with Crippen molar-refractivity contribution in [3.8, 4) is 22.5 Å². The summed E-state index contributed by atoms with van der Waals surface area (Å²) in [5, 5.41) is 11.4. The summed E-state index contributed by atoms with van der Waals surface area (Å²) in [6.07, 6.45) is 7.93. The van der Waals surface area contributed by atoms with Crippen molar-refractivity contribution in [3.63, 3.8) is 0 Å². The van der Waals surface area contributed by atoms with Gasteiger partial charge in [-0.2, -0.15) is 0 Å². The molecule has 4 amide bonds. The van der Waals surface area contributed by atoms with E-state index in [4.69, 9.17) is 0 Å². The number of nitrogens with zero attached hydrogens (tertiary/aromatic N) is 2. The molecule has 0 spiro atoms. The van der Waals surface area contributed by atoms with Gasteiger partial charge >= 0.3 is 0 Å². The molecule has 4 aromatic rings. The lowest BCUT2D eigenvalue weighted by molar-refractivity contribution is -0.125. The molecular weight excluding hydrogens is 584 g/mol. The van der Waals surface area contributed by atoms with Gasteiger partial charge in [-0.1, -0.05) is 64.8 Å². The molecule has 0 saturated carbocycles. The fourth-order valence-corrected chi connectivity index (χ4v) is 4.87. The Balaban J connectivity index is 1.28. The molecule has 2 aromatic heterocycles. The minimum Gasteiger partial charge on any atom is -0.353 e. The normalized spacial score (nSPS) is 13.6. The zero-order valence-corrected chi connectivity index (χ0v) is 26.6. The number of H-pyrrole nitrogens is 2. The molecule has 0 radical (unpaired) electrons. The lowest BCUT2D eigenvalue weighted by Gasteiger charge is -2.25. The average Bonchev–Trinajstić information content (AvgIpc) is 3.83. The first-order chi connectivity index (χ1) is 22.2. The van der Waals surface area contributed by atoms with E-state index in [1.165, 1.54) is 0 Å². The summed E-state index contributed by atoms with van der Waals surface area (Å²) in [7, 11) is 0. The first-order valence-electron chi connectivity index (χ1n) is 15.6. The predicted octanol–water partition coefficient (Wildman–Crippen LogP) is 3.69. The maximum absolute atomic E-state index is 13.1. The smallest absolute Gasteiger partial charge is 0.251 e. The van der Waals surface area contributed by atoms with E-state index in [2.05, 4.69) is 41.2 Å². The van der Waals surface area contributed by atoms with Crippen LogP contribution in [0, 0.1) is 11.8 Å². The van der Waals surface area contributed by atoms with Crippen molar-refractivity contribution in [1.82, 2.24) is 41.2 Å². The van der Waals surface area contributed by atoms with Crippen LogP contribution in [0.15, 0.2) is 73.6 Å². The Morgan fingerprint density at radius 2 is 1.00 bits per heavy atom. The lowest BCUT2D eigenvalue weighted by Crippen LogP contribution is -2.53. The van der Waals surface area contributed by atoms with Gasteiger partial charge in [0.05, 0.1) is 36.4 Å². The fraction of sp³-hybridized carbons (Fsp3) is 0.353. The standard InChI is InChI=1S/C34H42N8O4/c1-5-21(3)29(41-31(43)25-11-7-23(8-12-25)27-17-35-19-39-27)33(45)37-15-16-38-34(46)30(22(4)6-2)42-32(44)26-13-9-24(10-14-26)28-18-36-20-40-28/h7-14,17-22,29-30H,5-6,15-16H2,1-4H3,(H,35,39)(H,36,40)(H,37,45)(H,38,46)(H,41,43)(H,42,44)/t21?,22?,29-,30-/m0/s1. The van der Waals surface area contributed by atoms with Crippen molar-refractivity contribution in [3.05, 3.63) is 84.7 Å². The molecule has 2 heterocycles. The number of amides is 4. The molecule has 12 heteroatoms. The van der Waals surface area contributed by atoms with E-state index in [0.717, 1.165) is 22.5 Å². The molecule has 4 rings (SSSR count). The molecule has 6 N–H and O–H groups in total. The van der Waals surface area contributed by atoms with E-state index in [9.17, 15) is 19.2 Å². The van der Waals surface area contributed by atoms with Crippen molar-refractivity contribution in [2.75, 3.05) is 13.1 Å². The minimum absolute atomic E-state index is 0.124. The number of hydrogen-bond donors (Lipinski definition) is 6. The Labute approximate surface area is 268 Å². The van der Waals surface area contributed by atoms with Crippen LogP contribution in [0.4, 0.5) is 0 Å². The quantitative estimate of drug-likeness (QED) is 0.110. The summed E-state index contributed by atoms with van der Waals surface area (Å²) in [6.45, 7) is 8.02. The molecule has 46 heavy (non-hydrogen) atoms. The number of benzene rings is 2. The van der Waals surface area contributed by atoms with Gasteiger partial charge in [-0.05, 0) is 47.2 Å². The van der Waals surface area contributed by atoms with Gasteiger partial charge in [0.15, 0.2) is 0 Å². The van der Waals surface area contributed by atoms with Crippen LogP contribution >= 0.6 is 0 Å². The van der Waals surface area contributed by atoms with Gasteiger partial charge in [-0.15, -0.1) is 0 Å². The number of imidazole rings is 2. The second-order valence-electron chi connectivity index (χ2n) is 11.3. The maximum atomic E-state index is 13.1. The number of hydrogen-bond acceptors (Lipinski definition) is 6. The van der Waals surface area contributed by atoms with Gasteiger partial charge in [0.1, 0.15) is 12.1 Å². The van der Waals surface area contributed by atoms with E-state index >= 15 is 0 Å². The predicted molar refractivity (Wildman–Crippen MR) is 175 cm³/mol. The van der Waals surface area contributed by atoms with Gasteiger partial charge in [0.2, 0.25) is 11.8 Å². The first-order valence-corrected chi connectivity index (χ1v) is 15.6. The van der Waals surface area contributed by atoms with Crippen molar-refractivity contribution < 1.29 is 19.2 Å². The van der Waals surface area contributed by atoms with Crippen LogP contribution in [0.1, 0.15) is 61.3 Å². The van der Waals surface area contributed by atoms with Crippen molar-refractivity contribution in [2.24, 2.45) is 11.8 Å². The Hall–Kier alpha value is -5.26. The maximum Gasteiger partial charge on any atom is 0.251 e. The first kappa shape index (κ1) is 33.6. The zero-order chi connectivity index (χ0) is 33.1. The third kappa shape index (κ3) is 8.68. The molecule has 0 aliphatic carbocycles. The molecule has 0 fully saturated rings. The van der Waals surface area contributed by atoms with Crippen molar-refractivity contribution in [2.45, 2.75) is 52.6 Å². The highest BCUT2D eigenvalue weighted by atomic mass is 16.2. The average molecular weight is 627 g/mol. The molecule has 0 saturated heterocycles. The summed E-state index contributed by atoms with van der Waals surface area (Å²) >= 11 is 0. The molecule has 2 aromatic carbocycles. The summed E-state index contributed by atoms with van der Waals surface area (Å²) < 4.78 is 0. The van der Waals surface area contributed by atoms with E-state index in [0.29, 0.717) is 24.0 Å². The van der Waals surface area contributed by atoms with Crippen LogP contribution in [-0.2, 0) is 9.59 Å². The third-order valence-corrected chi connectivity index (χ3v) is 8.20. The molecule has 0 aliphatic heterocycles. The van der Waals surface area contributed by atoms with Gasteiger partial charge < -0.3 is 31.2 Å². The lowest BCUT2D eigenvalue weighted by atomic mass is 9.97. The van der Waals surface area contributed by atoms with E-state index in [1.807, 2.05) is 52.0 Å². The number of aromatic nitrogens is 4. The number of nitrogens with one attached hydrogen (secondary N) is 6. The summed E-state index contributed by atoms with van der Waals surface area (Å²) in [5.74, 6) is -1.63. The third-order valence-electron chi connectivity index (χ3n) is 8.20. The highest BCUT2D eigenvalue weighted by molar-refractivity contribution is 5.99. The van der Waals surface area contributed by atoms with E-state index in [1.54, 1.807) is 49.3 Å². The second-order valence-corrected chi connectivity index (χ2v) is 11.3. The molecule has 2 unspecified atom stereocenters. The summed E-state index contributed by atoms with van der Waals surface area (Å²) in [5.41, 5.74) is 4.33. The highest BCUT2D eigenvalue weighted by Gasteiger charge is 2.28. The fourth-order valence-electron chi connectivity index (χ4n) is 4.87. The Bertz CT molecular complexity index is 1450. The Kier molecular flexibility index (Phi) is 11.8. The monoisotopic (exact) mass is 626 g/mol. The summed E-state index contributed by atoms with van der Waals surface area (Å²) in [4.78, 5) is 66.4. The number of rotatable bonds is 15. The topological polar surface area (TPSA) is 174 Å². The zero-order valence-electron chi connectivity index (χ0n) is 26.6. The molecule has 12 nitrogen and oxygen atoms in total. The Morgan fingerprint density at radius 3 is 1.30 bits per heavy atom. The van der Waals surface area contributed by atoms with Crippen LogP contribution in [0.2, 0.25) is 0 Å². The van der Waals surface area contributed by atoms with Crippen molar-refractivity contribution >= 4 is 23.6 Å². The molecule has 242 valence electrons. The number of aromatic amines is 2. The molecule has 0 bridgehead atoms. The van der Waals surface area contributed by atoms with Gasteiger partial charge in [0.25, 0.3) is 11.8 Å². The van der Waals surface area contributed by atoms with Gasteiger partial charge in [-0.3, -0.25) is 19.2 Å². The minimum atomic E-state index is -0.757. The van der Waals surface area contributed by atoms with Crippen LogP contribution < -0.4 is 21.3 Å². The number of carbonyl (C=O) groups excluding carboxylic acids is 4. The highest BCUT2D eigenvalue weighted by Crippen LogP contribution is 2.18. The van der Waals surface area contributed by atoms with Crippen LogP contribution in [0.5, 0.6) is 0 Å². The van der Waals surface area contributed by atoms with Crippen LogP contribution in [0.25, 0.3) is 22.5 Å². The van der Waals surface area contributed by atoms with E-state index in [-0.39, 0.29) is 48.6 Å². The number of carbonyl (C=O) groups is 4. The van der Waals surface area contributed by atoms with Gasteiger partial charge in [0, 0.05) is 24.2 Å². The Morgan fingerprint density at radius 1 is 0.630 bits per heavy atom. The largest absolute Gasteiger partial charge is 0.353 e.